The Bertz CT molecular complexity index is 1170. The van der Waals surface area contributed by atoms with Crippen LogP contribution in [-0.2, 0) is 10.0 Å². The first-order valence-corrected chi connectivity index (χ1v) is 9.73. The lowest BCUT2D eigenvalue weighted by molar-refractivity contribution is 0.0976. The molecule has 1 N–H and O–H groups in total. The molecule has 1 amide bonds. The van der Waals surface area contributed by atoms with Crippen LogP contribution in [0, 0.1) is 5.82 Å². The highest BCUT2D eigenvalue weighted by molar-refractivity contribution is 7.90. The molecule has 2 aromatic carbocycles. The Balaban J connectivity index is 1.86. The maximum absolute atomic E-state index is 13.2. The van der Waals surface area contributed by atoms with Crippen LogP contribution < -0.4 is 9.46 Å². The highest BCUT2D eigenvalue weighted by atomic mass is 35.5. The van der Waals surface area contributed by atoms with Crippen LogP contribution in [0.25, 0.3) is 5.69 Å². The van der Waals surface area contributed by atoms with Crippen LogP contribution in [-0.4, -0.2) is 36.4 Å². The average Bonchev–Trinajstić information content (AvgIpc) is 3.11. The molecule has 146 valence electrons. The Morgan fingerprint density at radius 3 is 2.61 bits per heavy atom. The van der Waals surface area contributed by atoms with Crippen molar-refractivity contribution < 1.29 is 22.3 Å². The van der Waals surface area contributed by atoms with Gasteiger partial charge in [0.1, 0.15) is 16.5 Å². The van der Waals surface area contributed by atoms with Gasteiger partial charge in [0.2, 0.25) is 0 Å². The van der Waals surface area contributed by atoms with Crippen molar-refractivity contribution in [2.75, 3.05) is 7.11 Å². The van der Waals surface area contributed by atoms with Gasteiger partial charge in [0, 0.05) is 6.07 Å². The maximum Gasteiger partial charge on any atom is 0.287 e. The van der Waals surface area contributed by atoms with Crippen molar-refractivity contribution in [1.82, 2.24) is 19.7 Å². The van der Waals surface area contributed by atoms with Gasteiger partial charge >= 0.3 is 0 Å². The molecule has 0 spiro atoms. The second-order valence-electron chi connectivity index (χ2n) is 5.38. The highest BCUT2D eigenvalue weighted by Crippen LogP contribution is 2.26. The molecule has 3 aromatic rings. The molecule has 0 aliphatic rings. The van der Waals surface area contributed by atoms with Crippen molar-refractivity contribution in [2.24, 2.45) is 0 Å². The molecule has 0 bridgehead atoms. The van der Waals surface area contributed by atoms with Crippen LogP contribution in [0.15, 0.2) is 47.5 Å². The number of methoxy groups -OCH3 is 1. The van der Waals surface area contributed by atoms with Gasteiger partial charge in [0.25, 0.3) is 15.9 Å². The third kappa shape index (κ3) is 4.08. The number of rotatable bonds is 5. The van der Waals surface area contributed by atoms with Crippen molar-refractivity contribution in [3.63, 3.8) is 0 Å². The number of aromatic nitrogens is 3. The van der Waals surface area contributed by atoms with Crippen LogP contribution in [0.1, 0.15) is 10.5 Å². The number of nitrogens with one attached hydrogen (secondary N) is 1. The van der Waals surface area contributed by atoms with E-state index in [4.69, 9.17) is 27.9 Å². The SMILES string of the molecule is COc1ccc(Cl)c(S(=O)(=O)NC(=O)c2cn(-c3ccc(F)cc3Cl)nn2)c1. The fourth-order valence-corrected chi connectivity index (χ4v) is 3.93. The summed E-state index contributed by atoms with van der Waals surface area (Å²) in [5, 5.41) is 7.26. The zero-order chi connectivity index (χ0) is 20.5. The molecule has 0 unspecified atom stereocenters. The van der Waals surface area contributed by atoms with Crippen molar-refractivity contribution in [3.8, 4) is 11.4 Å². The quantitative estimate of drug-likeness (QED) is 0.648. The van der Waals surface area contributed by atoms with Gasteiger partial charge < -0.3 is 4.74 Å². The normalized spacial score (nSPS) is 11.3. The van der Waals surface area contributed by atoms with E-state index in [2.05, 4.69) is 10.3 Å². The van der Waals surface area contributed by atoms with Crippen molar-refractivity contribution in [2.45, 2.75) is 4.90 Å². The van der Waals surface area contributed by atoms with Crippen molar-refractivity contribution in [1.29, 1.82) is 0 Å². The summed E-state index contributed by atoms with van der Waals surface area (Å²) in [4.78, 5) is 12.0. The Labute approximate surface area is 168 Å². The largest absolute Gasteiger partial charge is 0.497 e. The first-order valence-electron chi connectivity index (χ1n) is 7.50. The van der Waals surface area contributed by atoms with Crippen LogP contribution >= 0.6 is 23.2 Å². The third-order valence-corrected chi connectivity index (χ3v) is 5.65. The Kier molecular flexibility index (Phi) is 5.54. The van der Waals surface area contributed by atoms with Gasteiger partial charge in [-0.2, -0.15) is 0 Å². The van der Waals surface area contributed by atoms with Gasteiger partial charge in [-0.1, -0.05) is 28.4 Å². The van der Waals surface area contributed by atoms with Crippen LogP contribution in [0.3, 0.4) is 0 Å². The maximum atomic E-state index is 13.2. The topological polar surface area (TPSA) is 103 Å². The Morgan fingerprint density at radius 2 is 1.93 bits per heavy atom. The molecule has 0 saturated carbocycles. The highest BCUT2D eigenvalue weighted by Gasteiger charge is 2.24. The lowest BCUT2D eigenvalue weighted by atomic mass is 10.3. The summed E-state index contributed by atoms with van der Waals surface area (Å²) in [5.74, 6) is -1.34. The van der Waals surface area contributed by atoms with Crippen LogP contribution in [0.4, 0.5) is 4.39 Å². The smallest absolute Gasteiger partial charge is 0.287 e. The van der Waals surface area contributed by atoms with E-state index in [0.29, 0.717) is 0 Å². The predicted octanol–water partition coefficient (Wildman–Crippen LogP) is 2.84. The number of halogens is 3. The van der Waals surface area contributed by atoms with Crippen LogP contribution in [0.2, 0.25) is 10.0 Å². The number of sulfonamides is 1. The van der Waals surface area contributed by atoms with Gasteiger partial charge in [-0.05, 0) is 30.3 Å². The molecule has 0 aliphatic carbocycles. The number of carbonyl (C=O) groups is 1. The van der Waals surface area contributed by atoms with E-state index in [1.165, 1.54) is 31.4 Å². The van der Waals surface area contributed by atoms with Crippen molar-refractivity contribution in [3.05, 3.63) is 64.2 Å². The summed E-state index contributed by atoms with van der Waals surface area (Å²) >= 11 is 11.9. The molecule has 0 atom stereocenters. The lowest BCUT2D eigenvalue weighted by Gasteiger charge is -2.09. The van der Waals surface area contributed by atoms with E-state index in [9.17, 15) is 17.6 Å². The summed E-state index contributed by atoms with van der Waals surface area (Å²) in [7, 11) is -2.95. The lowest BCUT2D eigenvalue weighted by Crippen LogP contribution is -2.31. The first kappa shape index (κ1) is 20.1. The number of benzene rings is 2. The van der Waals surface area contributed by atoms with E-state index in [-0.39, 0.29) is 32.1 Å². The predicted molar refractivity (Wildman–Crippen MR) is 99.0 cm³/mol. The van der Waals surface area contributed by atoms with E-state index < -0.39 is 21.7 Å². The summed E-state index contributed by atoms with van der Waals surface area (Å²) in [6.07, 6.45) is 1.15. The van der Waals surface area contributed by atoms with Crippen molar-refractivity contribution >= 4 is 39.1 Å². The second-order valence-corrected chi connectivity index (χ2v) is 7.84. The van der Waals surface area contributed by atoms with Gasteiger partial charge in [-0.25, -0.2) is 22.2 Å². The molecule has 12 heteroatoms. The summed E-state index contributed by atoms with van der Waals surface area (Å²) < 4.78 is 46.1. The van der Waals surface area contributed by atoms with Crippen LogP contribution in [0.5, 0.6) is 5.75 Å². The van der Waals surface area contributed by atoms with E-state index in [0.717, 1.165) is 23.0 Å². The Hall–Kier alpha value is -2.69. The van der Waals surface area contributed by atoms with Gasteiger partial charge in [-0.3, -0.25) is 4.79 Å². The van der Waals surface area contributed by atoms with Gasteiger partial charge in [0.15, 0.2) is 5.69 Å². The van der Waals surface area contributed by atoms with E-state index in [1.807, 2.05) is 4.72 Å². The standard InChI is InChI=1S/C16H11Cl2FN4O4S/c1-27-10-3-4-11(17)15(7-10)28(25,26)21-16(24)13-8-23(22-20-13)14-5-2-9(19)6-12(14)18/h2-8H,1H3,(H,21,24). The molecule has 0 fully saturated rings. The van der Waals surface area contributed by atoms with E-state index in [1.54, 1.807) is 0 Å². The van der Waals surface area contributed by atoms with E-state index >= 15 is 0 Å². The molecular weight excluding hydrogens is 434 g/mol. The minimum atomic E-state index is -4.30. The molecule has 0 radical (unpaired) electrons. The summed E-state index contributed by atoms with van der Waals surface area (Å²) in [6, 6.07) is 7.52. The molecular formula is C16H11Cl2FN4O4S. The monoisotopic (exact) mass is 444 g/mol. The molecule has 28 heavy (non-hydrogen) atoms. The Morgan fingerprint density at radius 1 is 1.18 bits per heavy atom. The minimum Gasteiger partial charge on any atom is -0.497 e. The molecule has 0 saturated heterocycles. The number of ether oxygens (including phenoxy) is 1. The minimum absolute atomic E-state index is 0.0349. The number of hydrogen-bond donors (Lipinski definition) is 1. The molecule has 1 aromatic heterocycles. The number of hydrogen-bond acceptors (Lipinski definition) is 6. The average molecular weight is 445 g/mol. The fourth-order valence-electron chi connectivity index (χ4n) is 2.20. The molecule has 1 heterocycles. The number of carbonyl (C=O) groups excluding carboxylic acids is 1. The molecule has 8 nitrogen and oxygen atoms in total. The molecule has 0 aliphatic heterocycles. The fraction of sp³-hybridized carbons (Fsp3) is 0.0625. The second kappa shape index (κ2) is 7.74. The zero-order valence-electron chi connectivity index (χ0n) is 14.1. The third-order valence-electron chi connectivity index (χ3n) is 3.54. The van der Waals surface area contributed by atoms with Gasteiger partial charge in [0.05, 0.1) is 29.0 Å². The van der Waals surface area contributed by atoms with Gasteiger partial charge in [-0.15, -0.1) is 5.10 Å². The molecule has 3 rings (SSSR count). The zero-order valence-corrected chi connectivity index (χ0v) is 16.4. The summed E-state index contributed by atoms with van der Waals surface area (Å²) in [5.41, 5.74) is -0.0451. The summed E-state index contributed by atoms with van der Waals surface area (Å²) in [6.45, 7) is 0. The first-order chi connectivity index (χ1) is 13.2. The number of amides is 1. The number of nitrogens with zero attached hydrogens (tertiary/aromatic N) is 3.